The molecule has 27 heavy (non-hydrogen) atoms. The van der Waals surface area contributed by atoms with Gasteiger partial charge in [-0.2, -0.15) is 13.2 Å². The molecule has 1 aromatic carbocycles. The summed E-state index contributed by atoms with van der Waals surface area (Å²) >= 11 is 0. The topological polar surface area (TPSA) is 51.5 Å². The molecule has 1 unspecified atom stereocenters. The zero-order valence-electron chi connectivity index (χ0n) is 14.0. The minimum absolute atomic E-state index is 0. The summed E-state index contributed by atoms with van der Waals surface area (Å²) in [5, 5.41) is 1.54. The first-order valence-electron chi connectivity index (χ1n) is 7.96. The van der Waals surface area contributed by atoms with E-state index in [0.717, 1.165) is 12.5 Å². The van der Waals surface area contributed by atoms with Crippen molar-refractivity contribution in [3.05, 3.63) is 59.1 Å². The number of hydrogen-bond acceptors (Lipinski definition) is 3. The molecule has 0 radical (unpaired) electrons. The fourth-order valence-electron chi connectivity index (χ4n) is 2.75. The number of alkyl halides is 3. The van der Waals surface area contributed by atoms with Crippen LogP contribution in [0.2, 0.25) is 0 Å². The number of halogens is 5. The van der Waals surface area contributed by atoms with Gasteiger partial charge < -0.3 is 14.5 Å². The van der Waals surface area contributed by atoms with Gasteiger partial charge in [0.15, 0.2) is 17.4 Å². The molecule has 4 nitrogen and oxygen atoms in total. The second-order valence-corrected chi connectivity index (χ2v) is 5.95. The van der Waals surface area contributed by atoms with Crippen LogP contribution in [0, 0.1) is 18.6 Å². The van der Waals surface area contributed by atoms with Crippen LogP contribution in [0.25, 0.3) is 11.0 Å². The van der Waals surface area contributed by atoms with Gasteiger partial charge in [0.25, 0.3) is 0 Å². The van der Waals surface area contributed by atoms with Gasteiger partial charge in [0.2, 0.25) is 0 Å². The summed E-state index contributed by atoms with van der Waals surface area (Å²) in [6, 6.07) is -1.22. The summed E-state index contributed by atoms with van der Waals surface area (Å²) in [6.45, 7) is 1.22. The Morgan fingerprint density at radius 2 is 2.04 bits per heavy atom. The van der Waals surface area contributed by atoms with E-state index in [1.165, 1.54) is 13.0 Å². The summed E-state index contributed by atoms with van der Waals surface area (Å²) in [7, 11) is 0. The fourth-order valence-corrected chi connectivity index (χ4v) is 2.75. The molecule has 0 bridgehead atoms. The SMILES string of the molecule is Cc1c(C(NC(=O)OC2=CCCC=C2)C(F)(F)F)oc2c(F)cc(F)cc12.[HH]. The Hall–Kier alpha value is -2.84. The summed E-state index contributed by atoms with van der Waals surface area (Å²) < 4.78 is 77.6. The van der Waals surface area contributed by atoms with Crippen LogP contribution in [-0.4, -0.2) is 12.3 Å². The van der Waals surface area contributed by atoms with Crippen molar-refractivity contribution in [1.29, 1.82) is 0 Å². The van der Waals surface area contributed by atoms with E-state index in [1.54, 1.807) is 17.5 Å². The summed E-state index contributed by atoms with van der Waals surface area (Å²) in [4.78, 5) is 11.9. The van der Waals surface area contributed by atoms with Gasteiger partial charge in [-0.3, -0.25) is 0 Å². The standard InChI is InChI=1S/C18H14F5NO3.H2/c1-9-12-7-10(19)8-13(20)15(12)27-14(9)16(18(21,22)23)24-17(25)26-11-5-3-2-4-6-11;/h3,5-8,16H,2,4H2,1H3,(H,24,25);1H. The van der Waals surface area contributed by atoms with Gasteiger partial charge in [-0.15, -0.1) is 0 Å². The molecule has 1 N–H and O–H groups in total. The number of furan rings is 1. The third-order valence-corrected chi connectivity index (χ3v) is 4.02. The molecule has 1 aliphatic rings. The monoisotopic (exact) mass is 389 g/mol. The van der Waals surface area contributed by atoms with Gasteiger partial charge in [0.1, 0.15) is 17.3 Å². The molecule has 1 aromatic heterocycles. The Kier molecular flexibility index (Phi) is 4.95. The quantitative estimate of drug-likeness (QED) is 0.672. The van der Waals surface area contributed by atoms with Crippen LogP contribution in [0.15, 0.2) is 40.5 Å². The number of fused-ring (bicyclic) bond motifs is 1. The van der Waals surface area contributed by atoms with E-state index >= 15 is 0 Å². The minimum Gasteiger partial charge on any atom is -0.455 e. The van der Waals surface area contributed by atoms with E-state index < -0.39 is 41.3 Å². The Bertz CT molecular complexity index is 949. The molecule has 1 amide bonds. The maximum atomic E-state index is 13.8. The summed E-state index contributed by atoms with van der Waals surface area (Å²) in [5.41, 5.74) is -0.658. The van der Waals surface area contributed by atoms with Gasteiger partial charge in [0.05, 0.1) is 0 Å². The molecule has 0 saturated heterocycles. The van der Waals surface area contributed by atoms with E-state index in [0.29, 0.717) is 12.5 Å². The summed E-state index contributed by atoms with van der Waals surface area (Å²) in [6.07, 6.45) is -0.228. The highest BCUT2D eigenvalue weighted by Crippen LogP contribution is 2.39. The first-order valence-corrected chi connectivity index (χ1v) is 7.96. The van der Waals surface area contributed by atoms with Gasteiger partial charge in [-0.05, 0) is 38.0 Å². The van der Waals surface area contributed by atoms with Crippen molar-refractivity contribution >= 4 is 17.1 Å². The molecular weight excluding hydrogens is 373 g/mol. The molecule has 0 spiro atoms. The number of allylic oxidation sites excluding steroid dienone is 3. The summed E-state index contributed by atoms with van der Waals surface area (Å²) in [5.74, 6) is -2.72. The molecule has 146 valence electrons. The molecule has 2 aromatic rings. The Morgan fingerprint density at radius 1 is 1.30 bits per heavy atom. The highest BCUT2D eigenvalue weighted by atomic mass is 19.4. The number of amides is 1. The van der Waals surface area contributed by atoms with Crippen LogP contribution < -0.4 is 5.32 Å². The lowest BCUT2D eigenvalue weighted by atomic mass is 10.1. The second kappa shape index (κ2) is 7.05. The van der Waals surface area contributed by atoms with E-state index in [9.17, 15) is 26.7 Å². The number of aryl methyl sites for hydroxylation is 1. The zero-order valence-corrected chi connectivity index (χ0v) is 14.0. The normalized spacial score (nSPS) is 15.6. The lowest BCUT2D eigenvalue weighted by molar-refractivity contribution is -0.159. The number of alkyl carbamates (subject to hydrolysis) is 1. The predicted octanol–water partition coefficient (Wildman–Crippen LogP) is 5.83. The van der Waals surface area contributed by atoms with Gasteiger partial charge >= 0.3 is 12.3 Å². The van der Waals surface area contributed by atoms with Crippen LogP contribution >= 0.6 is 0 Å². The second-order valence-electron chi connectivity index (χ2n) is 5.95. The van der Waals surface area contributed by atoms with Crippen LogP contribution in [0.5, 0.6) is 0 Å². The third-order valence-electron chi connectivity index (χ3n) is 4.02. The smallest absolute Gasteiger partial charge is 0.416 e. The number of carbonyl (C=O) groups is 1. The van der Waals surface area contributed by atoms with Crippen LogP contribution in [-0.2, 0) is 4.74 Å². The maximum absolute atomic E-state index is 13.8. The number of carbonyl (C=O) groups excluding carboxylic acids is 1. The molecule has 1 heterocycles. The van der Waals surface area contributed by atoms with Crippen LogP contribution in [0.1, 0.15) is 31.6 Å². The first-order chi connectivity index (χ1) is 12.7. The lowest BCUT2D eigenvalue weighted by Crippen LogP contribution is -2.38. The third kappa shape index (κ3) is 3.96. The molecule has 0 aliphatic heterocycles. The lowest BCUT2D eigenvalue weighted by Gasteiger charge is -2.20. The molecular formula is C18H16F5NO3. The van der Waals surface area contributed by atoms with Crippen molar-refractivity contribution in [3.63, 3.8) is 0 Å². The van der Waals surface area contributed by atoms with Crippen LogP contribution in [0.3, 0.4) is 0 Å². The van der Waals surface area contributed by atoms with Gasteiger partial charge in [-0.25, -0.2) is 13.6 Å². The Labute approximate surface area is 151 Å². The highest BCUT2D eigenvalue weighted by molar-refractivity contribution is 5.83. The largest absolute Gasteiger partial charge is 0.455 e. The molecule has 9 heteroatoms. The van der Waals surface area contributed by atoms with Crippen molar-refractivity contribution in [2.24, 2.45) is 0 Å². The number of hydrogen-bond donors (Lipinski definition) is 1. The number of nitrogens with one attached hydrogen (secondary N) is 1. The number of rotatable bonds is 3. The Balaban J connectivity index is 0.00000280. The van der Waals surface area contributed by atoms with E-state index in [2.05, 4.69) is 0 Å². The van der Waals surface area contributed by atoms with Gasteiger partial charge in [-0.1, -0.05) is 6.08 Å². The highest BCUT2D eigenvalue weighted by Gasteiger charge is 2.46. The predicted molar refractivity (Wildman–Crippen MR) is 87.9 cm³/mol. The van der Waals surface area contributed by atoms with Crippen molar-refractivity contribution in [2.75, 3.05) is 0 Å². The van der Waals surface area contributed by atoms with Crippen molar-refractivity contribution in [3.8, 4) is 0 Å². The van der Waals surface area contributed by atoms with E-state index in [4.69, 9.17) is 9.15 Å². The molecule has 0 saturated carbocycles. The minimum atomic E-state index is -4.95. The average Bonchev–Trinajstić information content (AvgIpc) is 2.90. The van der Waals surface area contributed by atoms with Crippen LogP contribution in [0.4, 0.5) is 26.7 Å². The van der Waals surface area contributed by atoms with E-state index in [-0.39, 0.29) is 18.1 Å². The fraction of sp³-hybridized carbons (Fsp3) is 0.278. The molecule has 1 atom stereocenters. The average molecular weight is 389 g/mol. The van der Waals surface area contributed by atoms with Crippen molar-refractivity contribution in [1.82, 2.24) is 5.32 Å². The van der Waals surface area contributed by atoms with Crippen molar-refractivity contribution in [2.45, 2.75) is 32.0 Å². The van der Waals surface area contributed by atoms with E-state index in [1.807, 2.05) is 0 Å². The van der Waals surface area contributed by atoms with Crippen molar-refractivity contribution < 1.29 is 37.3 Å². The molecule has 0 fully saturated rings. The Morgan fingerprint density at radius 3 is 2.67 bits per heavy atom. The maximum Gasteiger partial charge on any atom is 0.416 e. The zero-order chi connectivity index (χ0) is 19.8. The number of benzene rings is 1. The molecule has 1 aliphatic carbocycles. The van der Waals surface area contributed by atoms with Gasteiger partial charge in [0, 0.05) is 18.4 Å². The molecule has 3 rings (SSSR count). The first kappa shape index (κ1) is 18.9. The number of ether oxygens (including phenoxy) is 1.